The summed E-state index contributed by atoms with van der Waals surface area (Å²) in [7, 11) is 1.23. The van der Waals surface area contributed by atoms with Crippen molar-refractivity contribution in [1.82, 2.24) is 5.32 Å². The first-order valence-electron chi connectivity index (χ1n) is 12.3. The number of para-hydroxylation sites is 1. The zero-order chi connectivity index (χ0) is 29.5. The number of hydrogen-bond acceptors (Lipinski definition) is 8. The van der Waals surface area contributed by atoms with Crippen LogP contribution in [0.3, 0.4) is 0 Å². The van der Waals surface area contributed by atoms with Gasteiger partial charge in [0.25, 0.3) is 17.7 Å². The summed E-state index contributed by atoms with van der Waals surface area (Å²) in [6.07, 6.45) is 1.30. The summed E-state index contributed by atoms with van der Waals surface area (Å²) in [4.78, 5) is 63.4. The van der Waals surface area contributed by atoms with E-state index in [-0.39, 0.29) is 47.4 Å². The monoisotopic (exact) mass is 621 g/mol. The molecule has 0 atom stereocenters. The van der Waals surface area contributed by atoms with Crippen molar-refractivity contribution >= 4 is 63.1 Å². The molecule has 0 unspecified atom stereocenters. The molecular formula is C29H24BrN3O8. The molecule has 0 radical (unpaired) electrons. The van der Waals surface area contributed by atoms with Crippen LogP contribution >= 0.6 is 15.9 Å². The summed E-state index contributed by atoms with van der Waals surface area (Å²) in [6.45, 7) is 1.72. The molecule has 1 aliphatic heterocycles. The molecule has 1 saturated heterocycles. The zero-order valence-electron chi connectivity index (χ0n) is 21.9. The Balaban J connectivity index is 1.58. The van der Waals surface area contributed by atoms with Gasteiger partial charge in [0.1, 0.15) is 5.57 Å². The third-order valence-corrected chi connectivity index (χ3v) is 6.29. The molecule has 0 aliphatic carbocycles. The Labute approximate surface area is 243 Å². The summed E-state index contributed by atoms with van der Waals surface area (Å²) in [6, 6.07) is 16.7. The zero-order valence-corrected chi connectivity index (χ0v) is 23.5. The average Bonchev–Trinajstić information content (AvgIpc) is 2.95. The number of carbonyl (C=O) groups is 5. The Morgan fingerprint density at radius 3 is 2.37 bits per heavy atom. The number of anilines is 2. The molecule has 2 N–H and O–H groups in total. The number of amides is 5. The van der Waals surface area contributed by atoms with E-state index in [4.69, 9.17) is 9.47 Å². The molecule has 3 aromatic rings. The fourth-order valence-electron chi connectivity index (χ4n) is 3.85. The molecule has 41 heavy (non-hydrogen) atoms. The molecule has 1 aliphatic rings. The van der Waals surface area contributed by atoms with E-state index in [1.54, 1.807) is 37.3 Å². The van der Waals surface area contributed by atoms with Crippen molar-refractivity contribution in [3.8, 4) is 11.5 Å². The van der Waals surface area contributed by atoms with Gasteiger partial charge in [-0.05, 0) is 83.0 Å². The Morgan fingerprint density at radius 2 is 1.71 bits per heavy atom. The Bertz CT molecular complexity index is 1540. The number of nitrogens with one attached hydrogen (secondary N) is 2. The number of rotatable bonds is 9. The highest BCUT2D eigenvalue weighted by Crippen LogP contribution is 2.38. The second kappa shape index (κ2) is 12.9. The molecule has 3 aromatic carbocycles. The number of imide groups is 2. The first kappa shape index (κ1) is 29.0. The molecule has 0 saturated carbocycles. The van der Waals surface area contributed by atoms with Crippen LogP contribution < -0.4 is 25.0 Å². The van der Waals surface area contributed by atoms with Crippen molar-refractivity contribution < 1.29 is 38.2 Å². The fraction of sp³-hybridized carbons (Fsp3) is 0.138. The number of barbiturate groups is 1. The standard InChI is InChI=1S/C29H24BrN3O8/c1-3-40-23-15-17(14-22(30)25(23)41-16-24(34)31-19-7-5-4-6-8-19)13-21-26(35)32-29(38)33(27(21)36)20-11-9-18(10-12-20)28(37)39-2/h4-15H,3,16H2,1-2H3,(H,31,34)(H,32,35,38)/b21-13+. The van der Waals surface area contributed by atoms with Crippen molar-refractivity contribution in [3.05, 3.63) is 87.9 Å². The van der Waals surface area contributed by atoms with Crippen LogP contribution in [-0.2, 0) is 19.1 Å². The van der Waals surface area contributed by atoms with E-state index in [2.05, 4.69) is 31.3 Å². The lowest BCUT2D eigenvalue weighted by atomic mass is 10.1. The molecule has 12 heteroatoms. The molecule has 210 valence electrons. The lowest BCUT2D eigenvalue weighted by molar-refractivity contribution is -0.122. The van der Waals surface area contributed by atoms with Gasteiger partial charge >= 0.3 is 12.0 Å². The third-order valence-electron chi connectivity index (χ3n) is 5.70. The van der Waals surface area contributed by atoms with Gasteiger partial charge in [-0.15, -0.1) is 0 Å². The minimum atomic E-state index is -0.934. The molecule has 4 rings (SSSR count). The first-order chi connectivity index (χ1) is 19.7. The highest BCUT2D eigenvalue weighted by atomic mass is 79.9. The number of benzene rings is 3. The molecular weight excluding hydrogens is 598 g/mol. The van der Waals surface area contributed by atoms with E-state index in [1.165, 1.54) is 43.5 Å². The molecule has 0 bridgehead atoms. The van der Waals surface area contributed by atoms with Gasteiger partial charge in [0.15, 0.2) is 18.1 Å². The largest absolute Gasteiger partial charge is 0.490 e. The Kier molecular flexibility index (Phi) is 9.15. The van der Waals surface area contributed by atoms with Crippen LogP contribution in [0.2, 0.25) is 0 Å². The van der Waals surface area contributed by atoms with Gasteiger partial charge in [-0.3, -0.25) is 19.7 Å². The summed E-state index contributed by atoms with van der Waals surface area (Å²) in [5.74, 6) is -2.20. The topological polar surface area (TPSA) is 140 Å². The smallest absolute Gasteiger partial charge is 0.337 e. The Hall–Kier alpha value is -4.97. The summed E-state index contributed by atoms with van der Waals surface area (Å²) >= 11 is 3.41. The summed E-state index contributed by atoms with van der Waals surface area (Å²) in [5, 5.41) is 4.88. The Morgan fingerprint density at radius 1 is 1.00 bits per heavy atom. The average molecular weight is 622 g/mol. The lowest BCUT2D eigenvalue weighted by Gasteiger charge is -2.26. The highest BCUT2D eigenvalue weighted by molar-refractivity contribution is 9.10. The summed E-state index contributed by atoms with van der Waals surface area (Å²) < 4.78 is 16.5. The highest BCUT2D eigenvalue weighted by Gasteiger charge is 2.37. The van der Waals surface area contributed by atoms with Crippen molar-refractivity contribution in [2.45, 2.75) is 6.92 Å². The van der Waals surface area contributed by atoms with Gasteiger partial charge in [0.05, 0.1) is 29.4 Å². The number of carbonyl (C=O) groups excluding carboxylic acids is 5. The maximum absolute atomic E-state index is 13.3. The van der Waals surface area contributed by atoms with Crippen molar-refractivity contribution in [2.75, 3.05) is 30.5 Å². The van der Waals surface area contributed by atoms with E-state index in [9.17, 15) is 24.0 Å². The maximum atomic E-state index is 13.3. The third kappa shape index (κ3) is 6.79. The molecule has 5 amide bonds. The predicted molar refractivity (Wildman–Crippen MR) is 153 cm³/mol. The van der Waals surface area contributed by atoms with Crippen LogP contribution in [0.25, 0.3) is 6.08 Å². The SMILES string of the molecule is CCOc1cc(/C=C2\C(=O)NC(=O)N(c3ccc(C(=O)OC)cc3)C2=O)cc(Br)c1OCC(=O)Nc1ccccc1. The van der Waals surface area contributed by atoms with Crippen LogP contribution in [0.1, 0.15) is 22.8 Å². The van der Waals surface area contributed by atoms with Gasteiger partial charge in [-0.2, -0.15) is 0 Å². The molecule has 0 aromatic heterocycles. The molecule has 11 nitrogen and oxygen atoms in total. The van der Waals surface area contributed by atoms with Gasteiger partial charge < -0.3 is 19.5 Å². The van der Waals surface area contributed by atoms with Crippen molar-refractivity contribution in [3.63, 3.8) is 0 Å². The number of methoxy groups -OCH3 is 1. The van der Waals surface area contributed by atoms with E-state index in [1.807, 2.05) is 6.07 Å². The molecule has 1 fully saturated rings. The van der Waals surface area contributed by atoms with Gasteiger partial charge in [0.2, 0.25) is 0 Å². The van der Waals surface area contributed by atoms with Gasteiger partial charge in [0, 0.05) is 5.69 Å². The second-order valence-corrected chi connectivity index (χ2v) is 9.32. The normalized spacial score (nSPS) is 14.0. The molecule has 0 spiro atoms. The minimum absolute atomic E-state index is 0.146. The predicted octanol–water partition coefficient (Wildman–Crippen LogP) is 4.32. The van der Waals surface area contributed by atoms with E-state index in [0.29, 0.717) is 15.7 Å². The van der Waals surface area contributed by atoms with Crippen LogP contribution in [0.5, 0.6) is 11.5 Å². The van der Waals surface area contributed by atoms with E-state index < -0.39 is 23.8 Å². The quantitative estimate of drug-likeness (QED) is 0.204. The van der Waals surface area contributed by atoms with Crippen molar-refractivity contribution in [2.24, 2.45) is 0 Å². The minimum Gasteiger partial charge on any atom is -0.490 e. The van der Waals surface area contributed by atoms with Crippen LogP contribution in [0.15, 0.2) is 76.8 Å². The van der Waals surface area contributed by atoms with E-state index >= 15 is 0 Å². The summed E-state index contributed by atoms with van der Waals surface area (Å²) in [5.41, 5.74) is 1.06. The van der Waals surface area contributed by atoms with Crippen LogP contribution in [0.4, 0.5) is 16.2 Å². The number of ether oxygens (including phenoxy) is 3. The number of halogens is 1. The van der Waals surface area contributed by atoms with Crippen LogP contribution in [-0.4, -0.2) is 50.0 Å². The van der Waals surface area contributed by atoms with E-state index in [0.717, 1.165) is 4.90 Å². The number of nitrogens with zero attached hydrogens (tertiary/aromatic N) is 1. The number of urea groups is 1. The van der Waals surface area contributed by atoms with Gasteiger partial charge in [-0.1, -0.05) is 18.2 Å². The fourth-order valence-corrected chi connectivity index (χ4v) is 4.43. The number of esters is 1. The first-order valence-corrected chi connectivity index (χ1v) is 13.0. The van der Waals surface area contributed by atoms with Crippen molar-refractivity contribution in [1.29, 1.82) is 0 Å². The molecule has 1 heterocycles. The maximum Gasteiger partial charge on any atom is 0.337 e. The number of hydrogen-bond donors (Lipinski definition) is 2. The van der Waals surface area contributed by atoms with Crippen LogP contribution in [0, 0.1) is 0 Å². The second-order valence-electron chi connectivity index (χ2n) is 8.46. The lowest BCUT2D eigenvalue weighted by Crippen LogP contribution is -2.54. The van der Waals surface area contributed by atoms with Gasteiger partial charge in [-0.25, -0.2) is 14.5 Å².